The molecule has 0 unspecified atom stereocenters. The van der Waals surface area contributed by atoms with Gasteiger partial charge in [0.05, 0.1) is 4.90 Å². The van der Waals surface area contributed by atoms with Gasteiger partial charge in [-0.2, -0.15) is 0 Å². The van der Waals surface area contributed by atoms with Crippen LogP contribution in [0.15, 0.2) is 47.4 Å². The number of rotatable bonds is 5. The van der Waals surface area contributed by atoms with E-state index in [9.17, 15) is 8.42 Å². The van der Waals surface area contributed by atoms with E-state index in [-0.39, 0.29) is 4.90 Å². The Morgan fingerprint density at radius 1 is 1.00 bits per heavy atom. The second-order valence-corrected chi connectivity index (χ2v) is 7.81. The Morgan fingerprint density at radius 2 is 1.54 bits per heavy atom. The number of sulfonamides is 1. The highest BCUT2D eigenvalue weighted by molar-refractivity contribution is 7.89. The minimum atomic E-state index is -3.47. The molecule has 0 amide bonds. The lowest BCUT2D eigenvalue weighted by molar-refractivity contribution is 0.584. The molecule has 0 saturated heterocycles. The minimum absolute atomic E-state index is 0.190. The molecule has 0 radical (unpaired) electrons. The van der Waals surface area contributed by atoms with E-state index in [2.05, 4.69) is 15.4 Å². The van der Waals surface area contributed by atoms with E-state index in [0.29, 0.717) is 33.1 Å². The molecule has 0 heterocycles. The van der Waals surface area contributed by atoms with Gasteiger partial charge in [-0.05, 0) is 54.7 Å². The standard InChI is InChI=1S/C15H15Cl2N3O2S2/c1-2-18-24(21,22)14-5-3-12(4-6-14)19-15(23)20-13-8-10(16)7-11(17)9-13/h3-9,18H,2H2,1H3,(H2,19,20,23). The summed E-state index contributed by atoms with van der Waals surface area (Å²) in [6.45, 7) is 2.05. The topological polar surface area (TPSA) is 70.2 Å². The van der Waals surface area contributed by atoms with Crippen LogP contribution < -0.4 is 15.4 Å². The molecule has 0 spiro atoms. The summed E-state index contributed by atoms with van der Waals surface area (Å²) in [6.07, 6.45) is 0. The zero-order valence-electron chi connectivity index (χ0n) is 12.6. The van der Waals surface area contributed by atoms with Gasteiger partial charge in [0.15, 0.2) is 5.11 Å². The quantitative estimate of drug-likeness (QED) is 0.655. The Bertz CT molecular complexity index is 820. The maximum Gasteiger partial charge on any atom is 0.240 e. The normalized spacial score (nSPS) is 11.1. The molecule has 3 N–H and O–H groups in total. The van der Waals surface area contributed by atoms with Crippen molar-refractivity contribution in [2.45, 2.75) is 11.8 Å². The van der Waals surface area contributed by atoms with Crippen LogP contribution in [0.5, 0.6) is 0 Å². The Balaban J connectivity index is 2.04. The van der Waals surface area contributed by atoms with Crippen molar-refractivity contribution in [3.05, 3.63) is 52.5 Å². The molecular formula is C15H15Cl2N3O2S2. The van der Waals surface area contributed by atoms with Crippen molar-refractivity contribution >= 4 is 61.9 Å². The van der Waals surface area contributed by atoms with Crippen LogP contribution in [0.3, 0.4) is 0 Å². The first kappa shape index (κ1) is 19.0. The fourth-order valence-electron chi connectivity index (χ4n) is 1.91. The zero-order chi connectivity index (χ0) is 17.7. The Morgan fingerprint density at radius 3 is 2.08 bits per heavy atom. The Labute approximate surface area is 156 Å². The third kappa shape index (κ3) is 5.32. The second-order valence-electron chi connectivity index (χ2n) is 4.76. The van der Waals surface area contributed by atoms with E-state index in [1.807, 2.05) is 0 Å². The molecule has 0 atom stereocenters. The predicted octanol–water partition coefficient (Wildman–Crippen LogP) is 4.10. The van der Waals surface area contributed by atoms with Crippen molar-refractivity contribution in [1.29, 1.82) is 0 Å². The number of hydrogen-bond acceptors (Lipinski definition) is 3. The summed E-state index contributed by atoms with van der Waals surface area (Å²) in [5, 5.41) is 7.23. The molecule has 0 fully saturated rings. The van der Waals surface area contributed by atoms with E-state index in [0.717, 1.165) is 0 Å². The lowest BCUT2D eigenvalue weighted by Gasteiger charge is -2.12. The summed E-state index contributed by atoms with van der Waals surface area (Å²) in [5.41, 5.74) is 1.30. The van der Waals surface area contributed by atoms with Crippen molar-refractivity contribution in [2.24, 2.45) is 0 Å². The van der Waals surface area contributed by atoms with Crippen LogP contribution in [0.1, 0.15) is 6.92 Å². The molecule has 0 bridgehead atoms. The van der Waals surface area contributed by atoms with Gasteiger partial charge >= 0.3 is 0 Å². The summed E-state index contributed by atoms with van der Waals surface area (Å²) < 4.78 is 26.2. The first-order valence-corrected chi connectivity index (χ1v) is 9.59. The van der Waals surface area contributed by atoms with Crippen molar-refractivity contribution in [3.63, 3.8) is 0 Å². The molecule has 5 nitrogen and oxygen atoms in total. The van der Waals surface area contributed by atoms with Crippen LogP contribution >= 0.6 is 35.4 Å². The highest BCUT2D eigenvalue weighted by Gasteiger charge is 2.12. The average molecular weight is 404 g/mol. The summed E-state index contributed by atoms with van der Waals surface area (Å²) in [4.78, 5) is 0.190. The molecule has 2 rings (SSSR count). The van der Waals surface area contributed by atoms with Crippen LogP contribution in [0.25, 0.3) is 0 Å². The molecule has 0 aromatic heterocycles. The first-order chi connectivity index (χ1) is 11.3. The summed E-state index contributed by atoms with van der Waals surface area (Å²) in [5.74, 6) is 0. The summed E-state index contributed by atoms with van der Waals surface area (Å²) >= 11 is 17.1. The van der Waals surface area contributed by atoms with Crippen LogP contribution in [0.4, 0.5) is 11.4 Å². The zero-order valence-corrected chi connectivity index (χ0v) is 15.8. The van der Waals surface area contributed by atoms with Crippen molar-refractivity contribution in [1.82, 2.24) is 4.72 Å². The highest BCUT2D eigenvalue weighted by Crippen LogP contribution is 2.22. The number of nitrogens with one attached hydrogen (secondary N) is 3. The van der Waals surface area contributed by atoms with Crippen LogP contribution in [-0.4, -0.2) is 20.1 Å². The summed E-state index contributed by atoms with van der Waals surface area (Å²) in [7, 11) is -3.47. The van der Waals surface area contributed by atoms with Crippen molar-refractivity contribution in [3.8, 4) is 0 Å². The molecule has 9 heteroatoms. The monoisotopic (exact) mass is 403 g/mol. The lowest BCUT2D eigenvalue weighted by Crippen LogP contribution is -2.23. The van der Waals surface area contributed by atoms with Gasteiger partial charge in [0, 0.05) is 28.0 Å². The molecule has 0 aliphatic carbocycles. The van der Waals surface area contributed by atoms with E-state index in [4.69, 9.17) is 35.4 Å². The number of hydrogen-bond donors (Lipinski definition) is 3. The highest BCUT2D eigenvalue weighted by atomic mass is 35.5. The smallest absolute Gasteiger partial charge is 0.240 e. The van der Waals surface area contributed by atoms with Crippen molar-refractivity contribution in [2.75, 3.05) is 17.2 Å². The second kappa shape index (κ2) is 8.13. The van der Waals surface area contributed by atoms with E-state index >= 15 is 0 Å². The maximum atomic E-state index is 11.9. The maximum absolute atomic E-state index is 11.9. The largest absolute Gasteiger partial charge is 0.332 e. The molecule has 128 valence electrons. The molecular weight excluding hydrogens is 389 g/mol. The van der Waals surface area contributed by atoms with Gasteiger partial charge in [-0.3, -0.25) is 0 Å². The Hall–Kier alpha value is -1.38. The fraction of sp³-hybridized carbons (Fsp3) is 0.133. The van der Waals surface area contributed by atoms with Gasteiger partial charge in [-0.25, -0.2) is 13.1 Å². The average Bonchev–Trinajstić information content (AvgIpc) is 2.46. The van der Waals surface area contributed by atoms with Crippen LogP contribution in [0, 0.1) is 0 Å². The Kier molecular flexibility index (Phi) is 6.42. The van der Waals surface area contributed by atoms with E-state index in [1.165, 1.54) is 12.1 Å². The number of anilines is 2. The molecule has 0 aliphatic rings. The molecule has 24 heavy (non-hydrogen) atoms. The molecule has 0 aliphatic heterocycles. The van der Waals surface area contributed by atoms with Gasteiger partial charge in [-0.1, -0.05) is 30.1 Å². The van der Waals surface area contributed by atoms with Gasteiger partial charge in [0.25, 0.3) is 0 Å². The third-order valence-electron chi connectivity index (χ3n) is 2.88. The van der Waals surface area contributed by atoms with Gasteiger partial charge in [-0.15, -0.1) is 0 Å². The van der Waals surface area contributed by atoms with E-state index in [1.54, 1.807) is 37.3 Å². The predicted molar refractivity (Wildman–Crippen MR) is 104 cm³/mol. The number of benzene rings is 2. The first-order valence-electron chi connectivity index (χ1n) is 6.94. The van der Waals surface area contributed by atoms with Gasteiger partial charge in [0.2, 0.25) is 10.0 Å². The van der Waals surface area contributed by atoms with Gasteiger partial charge < -0.3 is 10.6 Å². The third-order valence-corrected chi connectivity index (χ3v) is 5.08. The molecule has 2 aromatic rings. The van der Waals surface area contributed by atoms with Gasteiger partial charge in [0.1, 0.15) is 0 Å². The summed E-state index contributed by atoms with van der Waals surface area (Å²) in [6, 6.07) is 11.2. The fourth-order valence-corrected chi connectivity index (χ4v) is 3.71. The molecule has 2 aromatic carbocycles. The lowest BCUT2D eigenvalue weighted by atomic mass is 10.3. The molecule has 0 saturated carbocycles. The van der Waals surface area contributed by atoms with E-state index < -0.39 is 10.0 Å². The SMILES string of the molecule is CCNS(=O)(=O)c1ccc(NC(=S)Nc2cc(Cl)cc(Cl)c2)cc1. The number of halogens is 2. The van der Waals surface area contributed by atoms with Crippen LogP contribution in [0.2, 0.25) is 10.0 Å². The number of thiocarbonyl (C=S) groups is 1. The minimum Gasteiger partial charge on any atom is -0.332 e. The van der Waals surface area contributed by atoms with Crippen LogP contribution in [-0.2, 0) is 10.0 Å². The van der Waals surface area contributed by atoms with Crippen molar-refractivity contribution < 1.29 is 8.42 Å².